The van der Waals surface area contributed by atoms with Gasteiger partial charge in [0.15, 0.2) is 0 Å². The fraction of sp³-hybridized carbons (Fsp3) is 0.0667. The van der Waals surface area contributed by atoms with E-state index in [9.17, 15) is 0 Å². The molecule has 2 aromatic carbocycles. The van der Waals surface area contributed by atoms with E-state index in [1.807, 2.05) is 13.1 Å². The summed E-state index contributed by atoms with van der Waals surface area (Å²) in [5.74, 6) is 0. The molecule has 77 valence electrons. The molecule has 0 aliphatic rings. The van der Waals surface area contributed by atoms with Gasteiger partial charge in [0.1, 0.15) is 0 Å². The highest BCUT2D eigenvalue weighted by Gasteiger charge is 2.07. The van der Waals surface area contributed by atoms with Gasteiger partial charge in [-0.2, -0.15) is 0 Å². The molecule has 0 fully saturated rings. The molecule has 3 aromatic rings. The van der Waals surface area contributed by atoms with E-state index in [4.69, 9.17) is 0 Å². The third kappa shape index (κ3) is 1.33. The van der Waals surface area contributed by atoms with Crippen molar-refractivity contribution < 1.29 is 0 Å². The zero-order valence-corrected chi connectivity index (χ0v) is 9.14. The minimum absolute atomic E-state index is 1.18. The number of para-hydroxylation sites is 1. The third-order valence-electron chi connectivity index (χ3n) is 2.88. The lowest BCUT2D eigenvalue weighted by Gasteiger charge is -1.97. The van der Waals surface area contributed by atoms with Crippen molar-refractivity contribution in [2.75, 3.05) is 0 Å². The smallest absolute Gasteiger partial charge is 0.0742 e. The van der Waals surface area contributed by atoms with Crippen LogP contribution in [0.25, 0.3) is 22.0 Å². The van der Waals surface area contributed by atoms with Gasteiger partial charge in [-0.05, 0) is 11.6 Å². The number of benzene rings is 2. The van der Waals surface area contributed by atoms with Gasteiger partial charge in [-0.25, -0.2) is 0 Å². The first-order valence-corrected chi connectivity index (χ1v) is 5.38. The summed E-state index contributed by atoms with van der Waals surface area (Å²) in [7, 11) is 2.04. The lowest BCUT2D eigenvalue weighted by atomic mass is 10.1. The van der Waals surface area contributed by atoms with Gasteiger partial charge in [0.2, 0.25) is 0 Å². The Labute approximate surface area is 95.0 Å². The van der Waals surface area contributed by atoms with Crippen LogP contribution in [0, 0.1) is 6.20 Å². The molecule has 0 spiro atoms. The van der Waals surface area contributed by atoms with Crippen LogP contribution >= 0.6 is 0 Å². The highest BCUT2D eigenvalue weighted by Crippen LogP contribution is 2.28. The lowest BCUT2D eigenvalue weighted by Crippen LogP contribution is -1.82. The molecule has 3 rings (SSSR count). The molecule has 1 nitrogen and oxygen atoms in total. The molecule has 1 heterocycles. The van der Waals surface area contributed by atoms with Crippen LogP contribution in [0.4, 0.5) is 0 Å². The Hall–Kier alpha value is -2.02. The summed E-state index contributed by atoms with van der Waals surface area (Å²) in [6.45, 7) is 0. The first-order valence-electron chi connectivity index (χ1n) is 5.38. The average molecular weight is 206 g/mol. The highest BCUT2D eigenvalue weighted by molar-refractivity contribution is 5.95. The van der Waals surface area contributed by atoms with Crippen LogP contribution < -0.4 is 0 Å². The maximum absolute atomic E-state index is 3.39. The van der Waals surface area contributed by atoms with E-state index in [0.717, 1.165) is 0 Å². The molecule has 0 atom stereocenters. The molecular formula is C15H12N. The van der Waals surface area contributed by atoms with Crippen LogP contribution in [0.3, 0.4) is 0 Å². The monoisotopic (exact) mass is 206 g/mol. The van der Waals surface area contributed by atoms with Gasteiger partial charge >= 0.3 is 0 Å². The van der Waals surface area contributed by atoms with Crippen LogP contribution in [-0.4, -0.2) is 4.57 Å². The van der Waals surface area contributed by atoms with Gasteiger partial charge in [0, 0.05) is 23.5 Å². The van der Waals surface area contributed by atoms with E-state index in [2.05, 4.69) is 59.3 Å². The number of aryl methyl sites for hydroxylation is 1. The quantitative estimate of drug-likeness (QED) is 0.572. The topological polar surface area (TPSA) is 4.93 Å². The standard InChI is InChI=1S/C15H12N/c1-16-11-14(12-7-3-2-4-8-12)13-9-5-6-10-15(13)16/h2-10H,1H3. The molecule has 16 heavy (non-hydrogen) atoms. The molecule has 0 aliphatic heterocycles. The number of fused-ring (bicyclic) bond motifs is 1. The van der Waals surface area contributed by atoms with Gasteiger partial charge < -0.3 is 4.57 Å². The third-order valence-corrected chi connectivity index (χ3v) is 2.88. The molecule has 0 N–H and O–H groups in total. The second kappa shape index (κ2) is 3.53. The van der Waals surface area contributed by atoms with E-state index in [1.165, 1.54) is 22.0 Å². The van der Waals surface area contributed by atoms with Gasteiger partial charge in [0.05, 0.1) is 6.20 Å². The molecule has 0 saturated heterocycles. The maximum Gasteiger partial charge on any atom is 0.0742 e. The summed E-state index contributed by atoms with van der Waals surface area (Å²) in [6, 6.07) is 18.8. The molecule has 0 aliphatic carbocycles. The predicted octanol–water partition coefficient (Wildman–Crippen LogP) is 3.65. The Morgan fingerprint density at radius 2 is 1.56 bits per heavy atom. The largest absolute Gasteiger partial charge is 0.342 e. The number of aromatic nitrogens is 1. The van der Waals surface area contributed by atoms with Gasteiger partial charge in [-0.1, -0.05) is 48.5 Å². The predicted molar refractivity (Wildman–Crippen MR) is 67.2 cm³/mol. The molecule has 0 saturated carbocycles. The summed E-state index contributed by atoms with van der Waals surface area (Å²) in [6.07, 6.45) is 3.39. The van der Waals surface area contributed by atoms with Crippen LogP contribution in [0.2, 0.25) is 0 Å². The fourth-order valence-electron chi connectivity index (χ4n) is 2.09. The molecule has 0 bridgehead atoms. The molecule has 1 heteroatoms. The molecule has 0 amide bonds. The van der Waals surface area contributed by atoms with E-state index < -0.39 is 0 Å². The Kier molecular flexibility index (Phi) is 2.03. The number of hydrogen-bond acceptors (Lipinski definition) is 0. The van der Waals surface area contributed by atoms with Crippen LogP contribution in [0.1, 0.15) is 0 Å². The number of rotatable bonds is 1. The summed E-state index contributed by atoms with van der Waals surface area (Å²) in [5, 5.41) is 1.26. The zero-order chi connectivity index (χ0) is 11.0. The molecule has 1 radical (unpaired) electrons. The van der Waals surface area contributed by atoms with Gasteiger partial charge in [-0.3, -0.25) is 0 Å². The SMILES string of the molecule is Cn1[c]c(-c2ccccc2)c2ccccc21. The second-order valence-corrected chi connectivity index (χ2v) is 3.93. The average Bonchev–Trinajstić information content (AvgIpc) is 2.69. The Morgan fingerprint density at radius 1 is 0.875 bits per heavy atom. The normalized spacial score (nSPS) is 10.8. The van der Waals surface area contributed by atoms with Crippen molar-refractivity contribution in [2.45, 2.75) is 0 Å². The van der Waals surface area contributed by atoms with Crippen LogP contribution in [0.5, 0.6) is 0 Å². The number of hydrogen-bond donors (Lipinski definition) is 0. The summed E-state index contributed by atoms with van der Waals surface area (Å²) < 4.78 is 2.05. The van der Waals surface area contributed by atoms with E-state index in [1.54, 1.807) is 0 Å². The molecule has 0 unspecified atom stereocenters. The number of nitrogens with zero attached hydrogens (tertiary/aromatic N) is 1. The summed E-state index contributed by atoms with van der Waals surface area (Å²) in [4.78, 5) is 0. The van der Waals surface area contributed by atoms with E-state index in [0.29, 0.717) is 0 Å². The maximum atomic E-state index is 3.39. The Balaban J connectivity index is 2.33. The van der Waals surface area contributed by atoms with Crippen molar-refractivity contribution in [2.24, 2.45) is 7.05 Å². The first-order chi connectivity index (χ1) is 7.86. The fourth-order valence-corrected chi connectivity index (χ4v) is 2.09. The zero-order valence-electron chi connectivity index (χ0n) is 9.14. The summed E-state index contributed by atoms with van der Waals surface area (Å²) in [5.41, 5.74) is 3.62. The van der Waals surface area contributed by atoms with Gasteiger partial charge in [-0.15, -0.1) is 0 Å². The van der Waals surface area contributed by atoms with Crippen molar-refractivity contribution in [3.05, 3.63) is 60.8 Å². The minimum Gasteiger partial charge on any atom is -0.342 e. The van der Waals surface area contributed by atoms with Crippen molar-refractivity contribution in [3.63, 3.8) is 0 Å². The molecule has 1 aromatic heterocycles. The van der Waals surface area contributed by atoms with Gasteiger partial charge in [0.25, 0.3) is 0 Å². The van der Waals surface area contributed by atoms with Crippen LogP contribution in [-0.2, 0) is 7.05 Å². The van der Waals surface area contributed by atoms with Crippen molar-refractivity contribution in [1.82, 2.24) is 4.57 Å². The van der Waals surface area contributed by atoms with Crippen molar-refractivity contribution in [3.8, 4) is 11.1 Å². The minimum atomic E-state index is 1.18. The highest BCUT2D eigenvalue weighted by atomic mass is 14.9. The lowest BCUT2D eigenvalue weighted by molar-refractivity contribution is 0.961. The summed E-state index contributed by atoms with van der Waals surface area (Å²) >= 11 is 0. The van der Waals surface area contributed by atoms with Crippen LogP contribution in [0.15, 0.2) is 54.6 Å². The van der Waals surface area contributed by atoms with E-state index >= 15 is 0 Å². The Morgan fingerprint density at radius 3 is 2.38 bits per heavy atom. The van der Waals surface area contributed by atoms with Crippen molar-refractivity contribution in [1.29, 1.82) is 0 Å². The molecular weight excluding hydrogens is 194 g/mol. The second-order valence-electron chi connectivity index (χ2n) is 3.93. The van der Waals surface area contributed by atoms with Crippen molar-refractivity contribution >= 4 is 10.9 Å². The first kappa shape index (κ1) is 9.22. The van der Waals surface area contributed by atoms with E-state index in [-0.39, 0.29) is 0 Å². The Bertz CT molecular complexity index is 620.